The average Bonchev–Trinajstić information content (AvgIpc) is 2.46. The molecule has 0 saturated heterocycles. The molecule has 9 heteroatoms. The van der Waals surface area contributed by atoms with Gasteiger partial charge in [0, 0.05) is 12.1 Å². The Bertz CT molecular complexity index is 788. The highest BCUT2D eigenvalue weighted by Crippen LogP contribution is 2.35. The van der Waals surface area contributed by atoms with Crippen LogP contribution in [0.4, 0.5) is 35.0 Å². The van der Waals surface area contributed by atoms with Crippen molar-refractivity contribution in [2.75, 3.05) is 4.90 Å². The molecule has 126 valence electrons. The molecular formula is C15H11F3N2O4. The molecule has 0 heterocycles. The molecule has 24 heavy (non-hydrogen) atoms. The fourth-order valence-electron chi connectivity index (χ4n) is 2.15. The summed E-state index contributed by atoms with van der Waals surface area (Å²) < 4.78 is 38.7. The van der Waals surface area contributed by atoms with Gasteiger partial charge in [-0.3, -0.25) is 10.1 Å². The molecule has 0 spiro atoms. The van der Waals surface area contributed by atoms with Crippen LogP contribution in [-0.2, 0) is 6.18 Å². The van der Waals surface area contributed by atoms with Crippen LogP contribution in [-0.4, -0.2) is 16.1 Å². The minimum atomic E-state index is -4.62. The molecule has 2 aromatic carbocycles. The van der Waals surface area contributed by atoms with Crippen LogP contribution in [0, 0.1) is 17.0 Å². The zero-order chi connectivity index (χ0) is 18.1. The number of carbonyl (C=O) groups is 1. The van der Waals surface area contributed by atoms with Gasteiger partial charge in [-0.1, -0.05) is 0 Å². The van der Waals surface area contributed by atoms with Gasteiger partial charge in [0.25, 0.3) is 5.69 Å². The van der Waals surface area contributed by atoms with Crippen molar-refractivity contribution in [3.8, 4) is 0 Å². The second-order valence-electron chi connectivity index (χ2n) is 4.95. The highest BCUT2D eigenvalue weighted by atomic mass is 19.4. The molecule has 1 N–H and O–H groups in total. The number of rotatable bonds is 3. The summed E-state index contributed by atoms with van der Waals surface area (Å²) in [5.74, 6) is 0. The van der Waals surface area contributed by atoms with Crippen molar-refractivity contribution >= 4 is 23.2 Å². The number of nitro benzene ring substituents is 1. The Morgan fingerprint density at radius 3 is 2.17 bits per heavy atom. The molecule has 0 radical (unpaired) electrons. The highest BCUT2D eigenvalue weighted by molar-refractivity contribution is 5.95. The summed E-state index contributed by atoms with van der Waals surface area (Å²) in [6.07, 6.45) is -6.14. The summed E-state index contributed by atoms with van der Waals surface area (Å²) in [4.78, 5) is 22.1. The van der Waals surface area contributed by atoms with Crippen LogP contribution in [0.1, 0.15) is 11.1 Å². The lowest BCUT2D eigenvalue weighted by Crippen LogP contribution is -2.24. The van der Waals surface area contributed by atoms with Crippen LogP contribution < -0.4 is 4.90 Å². The number of hydrogen-bond donors (Lipinski definition) is 1. The third-order valence-electron chi connectivity index (χ3n) is 3.16. The number of benzene rings is 2. The molecule has 0 aliphatic heterocycles. The van der Waals surface area contributed by atoms with E-state index in [2.05, 4.69) is 0 Å². The first-order valence-electron chi connectivity index (χ1n) is 6.56. The number of nitro groups is 1. The Morgan fingerprint density at radius 1 is 1.12 bits per heavy atom. The Kier molecular flexibility index (Phi) is 4.45. The largest absolute Gasteiger partial charge is 0.464 e. The van der Waals surface area contributed by atoms with Gasteiger partial charge in [0.2, 0.25) is 0 Å². The molecule has 1 amide bonds. The number of halogens is 3. The molecular weight excluding hydrogens is 329 g/mol. The van der Waals surface area contributed by atoms with Crippen molar-refractivity contribution in [1.29, 1.82) is 0 Å². The molecule has 0 aliphatic carbocycles. The van der Waals surface area contributed by atoms with E-state index >= 15 is 0 Å². The van der Waals surface area contributed by atoms with Gasteiger partial charge in [-0.15, -0.1) is 0 Å². The molecule has 0 fully saturated rings. The van der Waals surface area contributed by atoms with E-state index in [4.69, 9.17) is 0 Å². The fourth-order valence-corrected chi connectivity index (χ4v) is 2.15. The molecule has 2 rings (SSSR count). The zero-order valence-corrected chi connectivity index (χ0v) is 12.2. The Balaban J connectivity index is 2.54. The Hall–Kier alpha value is -3.10. The minimum absolute atomic E-state index is 0.00757. The number of carboxylic acid groups (broad SMARTS) is 1. The summed E-state index contributed by atoms with van der Waals surface area (Å²) >= 11 is 0. The van der Waals surface area contributed by atoms with E-state index in [1.54, 1.807) is 0 Å². The number of anilines is 2. The lowest BCUT2D eigenvalue weighted by molar-refractivity contribution is -0.384. The summed E-state index contributed by atoms with van der Waals surface area (Å²) in [5, 5.41) is 20.0. The molecule has 6 nitrogen and oxygen atoms in total. The monoisotopic (exact) mass is 340 g/mol. The van der Waals surface area contributed by atoms with E-state index in [9.17, 15) is 33.2 Å². The van der Waals surface area contributed by atoms with Crippen LogP contribution >= 0.6 is 0 Å². The van der Waals surface area contributed by atoms with Gasteiger partial charge in [-0.05, 0) is 42.8 Å². The number of non-ortho nitro benzene ring substituents is 1. The summed E-state index contributed by atoms with van der Waals surface area (Å²) in [7, 11) is 0. The first-order chi connectivity index (χ1) is 11.1. The predicted molar refractivity (Wildman–Crippen MR) is 79.4 cm³/mol. The third-order valence-corrected chi connectivity index (χ3v) is 3.16. The zero-order valence-electron chi connectivity index (χ0n) is 12.2. The van der Waals surface area contributed by atoms with Gasteiger partial charge in [0.1, 0.15) is 0 Å². The second-order valence-corrected chi connectivity index (χ2v) is 4.95. The van der Waals surface area contributed by atoms with Crippen LogP contribution in [0.5, 0.6) is 0 Å². The van der Waals surface area contributed by atoms with E-state index in [-0.39, 0.29) is 22.6 Å². The van der Waals surface area contributed by atoms with Crippen molar-refractivity contribution < 1.29 is 28.0 Å². The smallest absolute Gasteiger partial charge is 0.416 e. The first-order valence-corrected chi connectivity index (χ1v) is 6.56. The van der Waals surface area contributed by atoms with E-state index < -0.39 is 22.8 Å². The quantitative estimate of drug-likeness (QED) is 0.646. The standard InChI is InChI=1S/C15H11F3N2O4/c1-9-6-10(15(16,17)18)8-13(7-9)19(14(21)22)11-2-4-12(5-3-11)20(23)24/h2-8H,1H3,(H,21,22). The maximum atomic E-state index is 12.9. The maximum absolute atomic E-state index is 12.9. The van der Waals surface area contributed by atoms with Gasteiger partial charge in [-0.2, -0.15) is 13.2 Å². The molecule has 0 unspecified atom stereocenters. The Morgan fingerprint density at radius 2 is 1.71 bits per heavy atom. The van der Waals surface area contributed by atoms with Crippen LogP contribution in [0.15, 0.2) is 42.5 Å². The molecule has 2 aromatic rings. The lowest BCUT2D eigenvalue weighted by atomic mass is 10.1. The molecule has 0 atom stereocenters. The predicted octanol–water partition coefficient (Wildman–Crippen LogP) is 4.74. The molecule has 0 bridgehead atoms. The number of amides is 1. The molecule has 0 aliphatic rings. The van der Waals surface area contributed by atoms with Crippen molar-refractivity contribution in [3.63, 3.8) is 0 Å². The SMILES string of the molecule is Cc1cc(N(C(=O)O)c2ccc([N+](=O)[O-])cc2)cc(C(F)(F)F)c1. The normalized spacial score (nSPS) is 11.2. The number of aryl methyl sites for hydroxylation is 1. The van der Waals surface area contributed by atoms with E-state index in [1.165, 1.54) is 13.0 Å². The second kappa shape index (κ2) is 6.19. The third kappa shape index (κ3) is 3.62. The van der Waals surface area contributed by atoms with Gasteiger partial charge in [-0.25, -0.2) is 9.69 Å². The van der Waals surface area contributed by atoms with E-state index in [0.717, 1.165) is 30.3 Å². The van der Waals surface area contributed by atoms with Gasteiger partial charge in [0.15, 0.2) is 0 Å². The topological polar surface area (TPSA) is 83.7 Å². The fraction of sp³-hybridized carbons (Fsp3) is 0.133. The average molecular weight is 340 g/mol. The van der Waals surface area contributed by atoms with Crippen LogP contribution in [0.2, 0.25) is 0 Å². The van der Waals surface area contributed by atoms with Crippen LogP contribution in [0.25, 0.3) is 0 Å². The van der Waals surface area contributed by atoms with Crippen molar-refractivity contribution in [1.82, 2.24) is 0 Å². The first kappa shape index (κ1) is 17.3. The Labute approximate surface area is 133 Å². The van der Waals surface area contributed by atoms with Crippen molar-refractivity contribution in [2.45, 2.75) is 13.1 Å². The van der Waals surface area contributed by atoms with Gasteiger partial charge >= 0.3 is 12.3 Å². The number of nitrogens with zero attached hydrogens (tertiary/aromatic N) is 2. The van der Waals surface area contributed by atoms with Gasteiger partial charge < -0.3 is 5.11 Å². The molecule has 0 saturated carbocycles. The van der Waals surface area contributed by atoms with E-state index in [0.29, 0.717) is 11.0 Å². The maximum Gasteiger partial charge on any atom is 0.416 e. The summed E-state index contributed by atoms with van der Waals surface area (Å²) in [6, 6.07) is 7.36. The minimum Gasteiger partial charge on any atom is -0.464 e. The highest BCUT2D eigenvalue weighted by Gasteiger charge is 2.32. The number of alkyl halides is 3. The number of hydrogen-bond acceptors (Lipinski definition) is 3. The van der Waals surface area contributed by atoms with Crippen molar-refractivity contribution in [2.24, 2.45) is 0 Å². The van der Waals surface area contributed by atoms with Crippen LogP contribution in [0.3, 0.4) is 0 Å². The van der Waals surface area contributed by atoms with Gasteiger partial charge in [0.05, 0.1) is 21.9 Å². The summed E-state index contributed by atoms with van der Waals surface area (Å²) in [6.45, 7) is 1.41. The van der Waals surface area contributed by atoms with E-state index in [1.807, 2.05) is 0 Å². The van der Waals surface area contributed by atoms with Crippen molar-refractivity contribution in [3.05, 3.63) is 63.7 Å². The summed E-state index contributed by atoms with van der Waals surface area (Å²) in [5.41, 5.74) is -1.22. The molecule has 0 aromatic heterocycles. The lowest BCUT2D eigenvalue weighted by Gasteiger charge is -2.21.